The van der Waals surface area contributed by atoms with Gasteiger partial charge < -0.3 is 10.2 Å². The molecule has 1 aliphatic rings. The number of hydrogen-bond acceptors (Lipinski definition) is 5. The van der Waals surface area contributed by atoms with E-state index in [0.29, 0.717) is 16.1 Å². The molecule has 1 N–H and O–H groups in total. The summed E-state index contributed by atoms with van der Waals surface area (Å²) >= 11 is 3.42. The fraction of sp³-hybridized carbons (Fsp3) is 0.583. The number of likely N-dealkylation sites (N-methyl/N-ethyl adjacent to an activating group) is 1. The van der Waals surface area contributed by atoms with Gasteiger partial charge in [-0.1, -0.05) is 0 Å². The molecule has 1 aromatic rings. The Kier molecular flexibility index (Phi) is 4.36. The van der Waals surface area contributed by atoms with Crippen molar-refractivity contribution in [1.29, 1.82) is 0 Å². The van der Waals surface area contributed by atoms with Crippen molar-refractivity contribution < 1.29 is 4.92 Å². The summed E-state index contributed by atoms with van der Waals surface area (Å²) in [6.07, 6.45) is 3.69. The summed E-state index contributed by atoms with van der Waals surface area (Å²) < 4.78 is 0.696. The van der Waals surface area contributed by atoms with Gasteiger partial charge >= 0.3 is 0 Å². The Morgan fingerprint density at radius 3 is 3.00 bits per heavy atom. The Labute approximate surface area is 120 Å². The van der Waals surface area contributed by atoms with E-state index in [1.54, 1.807) is 6.92 Å². The quantitative estimate of drug-likeness (QED) is 0.678. The zero-order valence-corrected chi connectivity index (χ0v) is 12.6. The van der Waals surface area contributed by atoms with E-state index in [9.17, 15) is 10.1 Å². The van der Waals surface area contributed by atoms with Gasteiger partial charge in [0.05, 0.1) is 9.40 Å². The molecule has 2 heterocycles. The van der Waals surface area contributed by atoms with Crippen LogP contribution in [0.5, 0.6) is 0 Å². The molecule has 0 aromatic carbocycles. The lowest BCUT2D eigenvalue weighted by Crippen LogP contribution is -2.35. The highest BCUT2D eigenvalue weighted by Gasteiger charge is 2.22. The van der Waals surface area contributed by atoms with E-state index in [4.69, 9.17) is 0 Å². The lowest BCUT2D eigenvalue weighted by atomic mass is 10.2. The van der Waals surface area contributed by atoms with Crippen LogP contribution in [-0.4, -0.2) is 36.1 Å². The zero-order chi connectivity index (χ0) is 14.0. The average molecular weight is 329 g/mol. The predicted octanol–water partition coefficient (Wildman–Crippen LogP) is 2.25. The molecular formula is C12H17BrN4O2. The second-order valence-corrected chi connectivity index (χ2v) is 5.63. The maximum Gasteiger partial charge on any atom is 0.291 e. The van der Waals surface area contributed by atoms with E-state index in [-0.39, 0.29) is 5.69 Å². The van der Waals surface area contributed by atoms with Crippen LogP contribution in [0, 0.1) is 17.0 Å². The molecule has 1 unspecified atom stereocenters. The van der Waals surface area contributed by atoms with E-state index in [1.807, 2.05) is 11.9 Å². The summed E-state index contributed by atoms with van der Waals surface area (Å²) in [4.78, 5) is 16.7. The SMILES string of the molecule is Cc1c([N+](=O)[O-])cnc(N(C)CC2CCCN2)c1Br. The molecule has 1 aromatic heterocycles. The van der Waals surface area contributed by atoms with Gasteiger partial charge in [0.15, 0.2) is 0 Å². The average Bonchev–Trinajstić information content (AvgIpc) is 2.84. The second-order valence-electron chi connectivity index (χ2n) is 4.84. The van der Waals surface area contributed by atoms with Crippen molar-refractivity contribution in [2.75, 3.05) is 25.0 Å². The molecule has 1 atom stereocenters. The van der Waals surface area contributed by atoms with Crippen LogP contribution in [0.25, 0.3) is 0 Å². The van der Waals surface area contributed by atoms with Crippen LogP contribution in [0.4, 0.5) is 11.5 Å². The van der Waals surface area contributed by atoms with Gasteiger partial charge in [-0.15, -0.1) is 0 Å². The zero-order valence-electron chi connectivity index (χ0n) is 11.0. The standard InChI is InChI=1S/C12H17BrN4O2/c1-8-10(17(18)19)6-15-12(11(8)13)16(2)7-9-4-3-5-14-9/h6,9,14H,3-5,7H2,1-2H3. The Morgan fingerprint density at radius 2 is 2.42 bits per heavy atom. The number of nitrogens with one attached hydrogen (secondary N) is 1. The van der Waals surface area contributed by atoms with E-state index < -0.39 is 4.92 Å². The third kappa shape index (κ3) is 3.03. The second kappa shape index (κ2) is 5.83. The lowest BCUT2D eigenvalue weighted by Gasteiger charge is -2.23. The van der Waals surface area contributed by atoms with Gasteiger partial charge in [0, 0.05) is 25.2 Å². The third-order valence-corrected chi connectivity index (χ3v) is 4.38. The Balaban J connectivity index is 2.19. The topological polar surface area (TPSA) is 71.3 Å². The molecule has 2 rings (SSSR count). The first-order chi connectivity index (χ1) is 9.00. The summed E-state index contributed by atoms with van der Waals surface area (Å²) in [6, 6.07) is 0.467. The minimum Gasteiger partial charge on any atom is -0.357 e. The maximum absolute atomic E-state index is 10.9. The van der Waals surface area contributed by atoms with Gasteiger partial charge in [0.1, 0.15) is 12.0 Å². The maximum atomic E-state index is 10.9. The lowest BCUT2D eigenvalue weighted by molar-refractivity contribution is -0.385. The van der Waals surface area contributed by atoms with Crippen molar-refractivity contribution in [2.45, 2.75) is 25.8 Å². The monoisotopic (exact) mass is 328 g/mol. The molecule has 0 aliphatic carbocycles. The van der Waals surface area contributed by atoms with Gasteiger partial charge in [0.25, 0.3) is 5.69 Å². The number of nitro groups is 1. The van der Waals surface area contributed by atoms with Crippen molar-refractivity contribution in [2.24, 2.45) is 0 Å². The van der Waals surface area contributed by atoms with Crippen LogP contribution in [0.3, 0.4) is 0 Å². The molecule has 0 spiro atoms. The molecule has 7 heteroatoms. The predicted molar refractivity (Wildman–Crippen MR) is 77.6 cm³/mol. The largest absolute Gasteiger partial charge is 0.357 e. The number of halogens is 1. The fourth-order valence-corrected chi connectivity index (χ4v) is 2.94. The molecule has 1 fully saturated rings. The van der Waals surface area contributed by atoms with Gasteiger partial charge in [-0.2, -0.15) is 0 Å². The first-order valence-electron chi connectivity index (χ1n) is 6.24. The summed E-state index contributed by atoms with van der Waals surface area (Å²) in [7, 11) is 1.96. The molecule has 0 bridgehead atoms. The van der Waals surface area contributed by atoms with Gasteiger partial charge in [-0.05, 0) is 42.2 Å². The first kappa shape index (κ1) is 14.2. The minimum atomic E-state index is -0.407. The van der Waals surface area contributed by atoms with Crippen molar-refractivity contribution in [3.05, 3.63) is 26.3 Å². The highest BCUT2D eigenvalue weighted by atomic mass is 79.9. The van der Waals surface area contributed by atoms with E-state index in [1.165, 1.54) is 12.6 Å². The normalized spacial score (nSPS) is 18.6. The number of aromatic nitrogens is 1. The van der Waals surface area contributed by atoms with Crippen LogP contribution in [-0.2, 0) is 0 Å². The first-order valence-corrected chi connectivity index (χ1v) is 7.04. The summed E-state index contributed by atoms with van der Waals surface area (Å²) in [5, 5.41) is 14.3. The van der Waals surface area contributed by atoms with Crippen LogP contribution in [0.2, 0.25) is 0 Å². The van der Waals surface area contributed by atoms with Crippen molar-refractivity contribution >= 4 is 27.4 Å². The van der Waals surface area contributed by atoms with Crippen LogP contribution in [0.1, 0.15) is 18.4 Å². The minimum absolute atomic E-state index is 0.0445. The van der Waals surface area contributed by atoms with Crippen molar-refractivity contribution in [3.8, 4) is 0 Å². The van der Waals surface area contributed by atoms with Crippen LogP contribution >= 0.6 is 15.9 Å². The van der Waals surface area contributed by atoms with Gasteiger partial charge in [0.2, 0.25) is 0 Å². The number of pyridine rings is 1. The fourth-order valence-electron chi connectivity index (χ4n) is 2.34. The van der Waals surface area contributed by atoms with Crippen LogP contribution in [0.15, 0.2) is 10.7 Å². The van der Waals surface area contributed by atoms with Gasteiger partial charge in [-0.3, -0.25) is 10.1 Å². The Morgan fingerprint density at radius 1 is 1.68 bits per heavy atom. The molecule has 19 heavy (non-hydrogen) atoms. The van der Waals surface area contributed by atoms with E-state index in [0.717, 1.165) is 25.3 Å². The van der Waals surface area contributed by atoms with Crippen molar-refractivity contribution in [1.82, 2.24) is 10.3 Å². The Hall–Kier alpha value is -1.21. The molecule has 1 aliphatic heterocycles. The van der Waals surface area contributed by atoms with Crippen LogP contribution < -0.4 is 10.2 Å². The highest BCUT2D eigenvalue weighted by Crippen LogP contribution is 2.32. The van der Waals surface area contributed by atoms with Gasteiger partial charge in [-0.25, -0.2) is 4.98 Å². The molecule has 0 saturated carbocycles. The Bertz CT molecular complexity index is 489. The number of hydrogen-bond donors (Lipinski definition) is 1. The number of rotatable bonds is 4. The third-order valence-electron chi connectivity index (χ3n) is 3.43. The van der Waals surface area contributed by atoms with E-state index in [2.05, 4.69) is 26.2 Å². The number of nitrogens with zero attached hydrogens (tertiary/aromatic N) is 3. The number of anilines is 1. The molecule has 6 nitrogen and oxygen atoms in total. The molecule has 104 valence electrons. The molecule has 0 amide bonds. The summed E-state index contributed by atoms with van der Waals surface area (Å²) in [5.74, 6) is 0.747. The molecule has 0 radical (unpaired) electrons. The summed E-state index contributed by atoms with van der Waals surface area (Å²) in [6.45, 7) is 3.64. The van der Waals surface area contributed by atoms with E-state index >= 15 is 0 Å². The summed E-state index contributed by atoms with van der Waals surface area (Å²) in [5.41, 5.74) is 0.657. The highest BCUT2D eigenvalue weighted by molar-refractivity contribution is 9.10. The molecular weight excluding hydrogens is 312 g/mol. The van der Waals surface area contributed by atoms with Crippen molar-refractivity contribution in [3.63, 3.8) is 0 Å². The molecule has 1 saturated heterocycles. The smallest absolute Gasteiger partial charge is 0.291 e.